The van der Waals surface area contributed by atoms with Crippen LogP contribution in [0.25, 0.3) is 0 Å². The second-order valence-corrected chi connectivity index (χ2v) is 7.52. The standard InChI is InChI=1S/C17H23BF3NO4/c1-10(2)22-14(23)12-9-11(7-8-13(12)24-17(19,20)21)18-25-15(3,4)16(5,6)26-18/h7-10H,1-6H3,(H,22,23). The fraction of sp³-hybridized carbons (Fsp3) is 0.588. The number of hydrogen-bond donors (Lipinski definition) is 1. The lowest BCUT2D eigenvalue weighted by atomic mass is 9.78. The number of benzene rings is 1. The van der Waals surface area contributed by atoms with Crippen molar-refractivity contribution in [2.24, 2.45) is 0 Å². The molecule has 0 radical (unpaired) electrons. The SMILES string of the molecule is CC(C)NC(=O)c1cc(B2OC(C)(C)C(C)(C)O2)ccc1OC(F)(F)F. The number of amides is 1. The molecule has 1 N–H and O–H groups in total. The quantitative estimate of drug-likeness (QED) is 0.825. The average Bonchev–Trinajstić information content (AvgIpc) is 2.65. The molecule has 0 unspecified atom stereocenters. The van der Waals surface area contributed by atoms with Crippen LogP contribution < -0.4 is 15.5 Å². The normalized spacial score (nSPS) is 18.9. The highest BCUT2D eigenvalue weighted by molar-refractivity contribution is 6.62. The number of hydrogen-bond acceptors (Lipinski definition) is 4. The van der Waals surface area contributed by atoms with Gasteiger partial charge < -0.3 is 19.4 Å². The van der Waals surface area contributed by atoms with E-state index in [9.17, 15) is 18.0 Å². The molecule has 1 aliphatic rings. The smallest absolute Gasteiger partial charge is 0.405 e. The van der Waals surface area contributed by atoms with Crippen molar-refractivity contribution in [3.05, 3.63) is 23.8 Å². The highest BCUT2D eigenvalue weighted by atomic mass is 19.4. The van der Waals surface area contributed by atoms with Gasteiger partial charge in [-0.2, -0.15) is 0 Å². The lowest BCUT2D eigenvalue weighted by Crippen LogP contribution is -2.41. The summed E-state index contributed by atoms with van der Waals surface area (Å²) < 4.78 is 53.7. The molecule has 0 spiro atoms. The maximum atomic E-state index is 12.6. The monoisotopic (exact) mass is 373 g/mol. The van der Waals surface area contributed by atoms with Gasteiger partial charge in [0.2, 0.25) is 0 Å². The number of halogens is 3. The Hall–Kier alpha value is -1.74. The molecule has 1 saturated heterocycles. The molecule has 1 heterocycles. The second kappa shape index (κ2) is 6.77. The van der Waals surface area contributed by atoms with Crippen molar-refractivity contribution < 1.29 is 32.0 Å². The molecule has 1 aliphatic heterocycles. The Kier molecular flexibility index (Phi) is 5.36. The lowest BCUT2D eigenvalue weighted by Gasteiger charge is -2.32. The van der Waals surface area contributed by atoms with Crippen molar-refractivity contribution in [1.29, 1.82) is 0 Å². The molecule has 0 atom stereocenters. The molecule has 1 aromatic carbocycles. The molecule has 1 aromatic rings. The van der Waals surface area contributed by atoms with E-state index in [2.05, 4.69) is 10.1 Å². The van der Waals surface area contributed by atoms with Crippen LogP contribution in [0.3, 0.4) is 0 Å². The van der Waals surface area contributed by atoms with Crippen molar-refractivity contribution >= 4 is 18.5 Å². The molecular formula is C17H23BF3NO4. The fourth-order valence-corrected chi connectivity index (χ4v) is 2.40. The van der Waals surface area contributed by atoms with Crippen LogP contribution in [-0.4, -0.2) is 36.6 Å². The topological polar surface area (TPSA) is 56.8 Å². The van der Waals surface area contributed by atoms with Gasteiger partial charge in [0.05, 0.1) is 16.8 Å². The molecule has 1 amide bonds. The largest absolute Gasteiger partial charge is 0.573 e. The van der Waals surface area contributed by atoms with E-state index in [1.165, 1.54) is 12.1 Å². The van der Waals surface area contributed by atoms with E-state index < -0.39 is 36.3 Å². The van der Waals surface area contributed by atoms with Crippen molar-refractivity contribution in [2.45, 2.75) is 65.1 Å². The first-order valence-electron chi connectivity index (χ1n) is 8.28. The molecule has 0 bridgehead atoms. The summed E-state index contributed by atoms with van der Waals surface area (Å²) in [7, 11) is -0.800. The highest BCUT2D eigenvalue weighted by Crippen LogP contribution is 2.37. The molecule has 0 aliphatic carbocycles. The number of ether oxygens (including phenoxy) is 1. The number of alkyl halides is 3. The van der Waals surface area contributed by atoms with E-state index in [1.54, 1.807) is 13.8 Å². The zero-order chi connectivity index (χ0) is 19.9. The molecule has 5 nitrogen and oxygen atoms in total. The summed E-state index contributed by atoms with van der Waals surface area (Å²) in [5, 5.41) is 2.57. The Balaban J connectivity index is 2.40. The van der Waals surface area contributed by atoms with Gasteiger partial charge in [-0.1, -0.05) is 6.07 Å². The summed E-state index contributed by atoms with van der Waals surface area (Å²) >= 11 is 0. The van der Waals surface area contributed by atoms with E-state index in [0.29, 0.717) is 5.46 Å². The van der Waals surface area contributed by atoms with Crippen LogP contribution in [0, 0.1) is 0 Å². The van der Waals surface area contributed by atoms with E-state index in [1.807, 2.05) is 27.7 Å². The van der Waals surface area contributed by atoms with Gasteiger partial charge in [0.1, 0.15) is 5.75 Å². The van der Waals surface area contributed by atoms with E-state index in [0.717, 1.165) is 6.07 Å². The van der Waals surface area contributed by atoms with Crippen LogP contribution in [0.1, 0.15) is 51.9 Å². The van der Waals surface area contributed by atoms with Crippen molar-refractivity contribution in [3.63, 3.8) is 0 Å². The first-order chi connectivity index (χ1) is 11.7. The van der Waals surface area contributed by atoms with Crippen molar-refractivity contribution in [2.75, 3.05) is 0 Å². The maximum absolute atomic E-state index is 12.6. The zero-order valence-corrected chi connectivity index (χ0v) is 15.7. The van der Waals surface area contributed by atoms with Crippen LogP contribution in [0.5, 0.6) is 5.75 Å². The van der Waals surface area contributed by atoms with Gasteiger partial charge in [-0.05, 0) is 59.1 Å². The maximum Gasteiger partial charge on any atom is 0.573 e. The van der Waals surface area contributed by atoms with Crippen LogP contribution in [0.2, 0.25) is 0 Å². The van der Waals surface area contributed by atoms with Gasteiger partial charge >= 0.3 is 13.5 Å². The van der Waals surface area contributed by atoms with Gasteiger partial charge in [-0.15, -0.1) is 13.2 Å². The van der Waals surface area contributed by atoms with Crippen LogP contribution in [0.4, 0.5) is 13.2 Å². The predicted molar refractivity (Wildman–Crippen MR) is 91.4 cm³/mol. The van der Waals surface area contributed by atoms with Gasteiger partial charge in [-0.25, -0.2) is 0 Å². The Labute approximate surface area is 151 Å². The zero-order valence-electron chi connectivity index (χ0n) is 15.7. The summed E-state index contributed by atoms with van der Waals surface area (Å²) in [6, 6.07) is 3.56. The first-order valence-corrected chi connectivity index (χ1v) is 8.28. The summed E-state index contributed by atoms with van der Waals surface area (Å²) in [5.41, 5.74) is -1.02. The molecular weight excluding hydrogens is 350 g/mol. The molecule has 0 saturated carbocycles. The number of rotatable bonds is 4. The van der Waals surface area contributed by atoms with E-state index >= 15 is 0 Å². The van der Waals surface area contributed by atoms with Crippen LogP contribution in [-0.2, 0) is 9.31 Å². The first kappa shape index (κ1) is 20.6. The fourth-order valence-electron chi connectivity index (χ4n) is 2.40. The summed E-state index contributed by atoms with van der Waals surface area (Å²) in [6.45, 7) is 10.9. The lowest BCUT2D eigenvalue weighted by molar-refractivity contribution is -0.274. The van der Waals surface area contributed by atoms with Crippen molar-refractivity contribution in [1.82, 2.24) is 5.32 Å². The highest BCUT2D eigenvalue weighted by Gasteiger charge is 2.52. The number of carbonyl (C=O) groups is 1. The molecule has 0 aromatic heterocycles. The summed E-state index contributed by atoms with van der Waals surface area (Å²) in [4.78, 5) is 12.3. The predicted octanol–water partition coefficient (Wildman–Crippen LogP) is 3.02. The van der Waals surface area contributed by atoms with Gasteiger partial charge in [0.15, 0.2) is 0 Å². The third-order valence-electron chi connectivity index (χ3n) is 4.42. The minimum Gasteiger partial charge on any atom is -0.405 e. The van der Waals surface area contributed by atoms with E-state index in [4.69, 9.17) is 9.31 Å². The third-order valence-corrected chi connectivity index (χ3v) is 4.42. The molecule has 2 rings (SSSR count). The summed E-state index contributed by atoms with van der Waals surface area (Å²) in [5.74, 6) is -1.24. The minimum atomic E-state index is -4.90. The second-order valence-electron chi connectivity index (χ2n) is 7.52. The number of nitrogens with one attached hydrogen (secondary N) is 1. The number of carbonyl (C=O) groups excluding carboxylic acids is 1. The van der Waals surface area contributed by atoms with Gasteiger partial charge in [0.25, 0.3) is 5.91 Å². The molecule has 144 valence electrons. The Morgan fingerprint density at radius 3 is 2.15 bits per heavy atom. The van der Waals surface area contributed by atoms with Gasteiger partial charge in [0, 0.05) is 6.04 Å². The van der Waals surface area contributed by atoms with E-state index in [-0.39, 0.29) is 11.6 Å². The minimum absolute atomic E-state index is 0.233. The van der Waals surface area contributed by atoms with Gasteiger partial charge in [-0.3, -0.25) is 4.79 Å². The molecule has 9 heteroatoms. The Bertz CT molecular complexity index is 673. The third kappa shape index (κ3) is 4.51. The Morgan fingerprint density at radius 1 is 1.15 bits per heavy atom. The molecule has 26 heavy (non-hydrogen) atoms. The van der Waals surface area contributed by atoms with Crippen LogP contribution >= 0.6 is 0 Å². The van der Waals surface area contributed by atoms with Crippen molar-refractivity contribution in [3.8, 4) is 5.75 Å². The van der Waals surface area contributed by atoms with Crippen LogP contribution in [0.15, 0.2) is 18.2 Å². The Morgan fingerprint density at radius 2 is 1.69 bits per heavy atom. The average molecular weight is 373 g/mol. The summed E-state index contributed by atoms with van der Waals surface area (Å²) in [6.07, 6.45) is -4.90. The molecule has 1 fully saturated rings.